The fourth-order valence-corrected chi connectivity index (χ4v) is 3.84. The molecule has 0 unspecified atom stereocenters. The number of aromatic nitrogens is 4. The van der Waals surface area contributed by atoms with E-state index < -0.39 is 0 Å². The molecule has 2 heterocycles. The molecule has 158 valence electrons. The second-order valence-electron chi connectivity index (χ2n) is 7.29. The van der Waals surface area contributed by atoms with Crippen LogP contribution in [0.15, 0.2) is 79.0 Å². The Labute approximate surface area is 193 Å². The predicted molar refractivity (Wildman–Crippen MR) is 127 cm³/mol. The number of rotatable bonds is 5. The number of hydrogen-bond acceptors (Lipinski definition) is 3. The van der Waals surface area contributed by atoms with Gasteiger partial charge in [-0.2, -0.15) is 10.2 Å². The Kier molecular flexibility index (Phi) is 5.39. The molecule has 2 aromatic heterocycles. The number of nitrogens with one attached hydrogen (secondary N) is 2. The molecule has 0 aliphatic rings. The molecule has 5 aromatic rings. The summed E-state index contributed by atoms with van der Waals surface area (Å²) in [5.41, 5.74) is 2.82. The van der Waals surface area contributed by atoms with Crippen LogP contribution < -0.4 is 5.32 Å². The number of amides is 1. The van der Waals surface area contributed by atoms with E-state index in [-0.39, 0.29) is 5.91 Å². The molecule has 0 fully saturated rings. The van der Waals surface area contributed by atoms with Crippen LogP contribution in [0.2, 0.25) is 10.0 Å². The van der Waals surface area contributed by atoms with Gasteiger partial charge in [-0.15, -0.1) is 0 Å². The molecule has 2 N–H and O–H groups in total. The predicted octanol–water partition coefficient (Wildman–Crippen LogP) is 6.03. The van der Waals surface area contributed by atoms with Crippen molar-refractivity contribution in [3.05, 3.63) is 100 Å². The van der Waals surface area contributed by atoms with Crippen LogP contribution in [0.5, 0.6) is 0 Å². The van der Waals surface area contributed by atoms with Gasteiger partial charge >= 0.3 is 0 Å². The zero-order chi connectivity index (χ0) is 22.1. The minimum atomic E-state index is -0.334. The Morgan fingerprint density at radius 1 is 0.969 bits per heavy atom. The van der Waals surface area contributed by atoms with Gasteiger partial charge in [0.05, 0.1) is 22.3 Å². The monoisotopic (exact) mass is 461 g/mol. The van der Waals surface area contributed by atoms with Crippen molar-refractivity contribution < 1.29 is 4.79 Å². The summed E-state index contributed by atoms with van der Waals surface area (Å²) in [4.78, 5) is 12.6. The van der Waals surface area contributed by atoms with Crippen molar-refractivity contribution in [1.82, 2.24) is 20.0 Å². The third kappa shape index (κ3) is 4.10. The van der Waals surface area contributed by atoms with E-state index in [2.05, 4.69) is 44.9 Å². The fourth-order valence-electron chi connectivity index (χ4n) is 3.55. The molecule has 0 spiro atoms. The lowest BCUT2D eigenvalue weighted by Gasteiger charge is -2.06. The number of anilines is 1. The maximum atomic E-state index is 12.6. The summed E-state index contributed by atoms with van der Waals surface area (Å²) in [7, 11) is 0. The molecule has 0 bridgehead atoms. The molecule has 0 saturated carbocycles. The molecule has 32 heavy (non-hydrogen) atoms. The van der Waals surface area contributed by atoms with Crippen molar-refractivity contribution in [2.45, 2.75) is 6.54 Å². The molecule has 5 rings (SSSR count). The first kappa shape index (κ1) is 20.3. The summed E-state index contributed by atoms with van der Waals surface area (Å²) >= 11 is 12.0. The van der Waals surface area contributed by atoms with Crippen molar-refractivity contribution >= 4 is 45.7 Å². The van der Waals surface area contributed by atoms with Crippen LogP contribution >= 0.6 is 23.2 Å². The minimum absolute atomic E-state index is 0.315. The molecule has 3 aromatic carbocycles. The Bertz CT molecular complexity index is 1430. The number of halogens is 2. The summed E-state index contributed by atoms with van der Waals surface area (Å²) < 4.78 is 1.80. The van der Waals surface area contributed by atoms with Gasteiger partial charge in [-0.05, 0) is 34.5 Å². The molecule has 1 amide bonds. The zero-order valence-electron chi connectivity index (χ0n) is 16.7. The number of carbonyl (C=O) groups excluding carboxylic acids is 1. The van der Waals surface area contributed by atoms with Gasteiger partial charge in [0.15, 0.2) is 5.82 Å². The van der Waals surface area contributed by atoms with Gasteiger partial charge in [0.25, 0.3) is 5.91 Å². The summed E-state index contributed by atoms with van der Waals surface area (Å²) in [6.45, 7) is 0.600. The number of aromatic amines is 1. The highest BCUT2D eigenvalue weighted by molar-refractivity contribution is 6.42. The van der Waals surface area contributed by atoms with Crippen LogP contribution in [-0.2, 0) is 6.54 Å². The highest BCUT2D eigenvalue weighted by Crippen LogP contribution is 2.28. The van der Waals surface area contributed by atoms with Crippen molar-refractivity contribution in [1.29, 1.82) is 0 Å². The normalized spacial score (nSPS) is 11.1. The van der Waals surface area contributed by atoms with Crippen molar-refractivity contribution in [2.24, 2.45) is 0 Å². The van der Waals surface area contributed by atoms with Crippen molar-refractivity contribution in [2.75, 3.05) is 5.32 Å². The molecule has 0 aliphatic heterocycles. The average molecular weight is 462 g/mol. The van der Waals surface area contributed by atoms with Gasteiger partial charge < -0.3 is 5.32 Å². The fraction of sp³-hybridized carbons (Fsp3) is 0.0417. The van der Waals surface area contributed by atoms with Crippen LogP contribution in [0.1, 0.15) is 16.1 Å². The third-order valence-electron chi connectivity index (χ3n) is 5.13. The van der Waals surface area contributed by atoms with E-state index in [0.29, 0.717) is 33.8 Å². The number of benzene rings is 3. The topological polar surface area (TPSA) is 75.6 Å². The standard InChI is InChI=1S/C24H17Cl2N5O/c25-19-9-8-16(12-20(19)26)21-13-22(29-28-21)24(32)27-23-10-11-31(30-23)14-17-6-3-5-15-4-1-2-7-18(15)17/h1-13H,14H2,(H,28,29)(H,27,30,32). The molecule has 8 heteroatoms. The average Bonchev–Trinajstić information content (AvgIpc) is 3.46. The van der Waals surface area contributed by atoms with Crippen molar-refractivity contribution in [3.8, 4) is 11.3 Å². The lowest BCUT2D eigenvalue weighted by Crippen LogP contribution is -2.13. The largest absolute Gasteiger partial charge is 0.304 e. The summed E-state index contributed by atoms with van der Waals surface area (Å²) in [6.07, 6.45) is 1.84. The highest BCUT2D eigenvalue weighted by atomic mass is 35.5. The number of hydrogen-bond donors (Lipinski definition) is 2. The smallest absolute Gasteiger partial charge is 0.274 e. The number of fused-ring (bicyclic) bond motifs is 1. The second-order valence-corrected chi connectivity index (χ2v) is 8.10. The Balaban J connectivity index is 1.30. The van der Waals surface area contributed by atoms with E-state index >= 15 is 0 Å². The summed E-state index contributed by atoms with van der Waals surface area (Å²) in [6, 6.07) is 23.0. The quantitative estimate of drug-likeness (QED) is 0.335. The molecule has 6 nitrogen and oxygen atoms in total. The number of carbonyl (C=O) groups is 1. The molecule has 0 saturated heterocycles. The molecular weight excluding hydrogens is 445 g/mol. The van der Waals surface area contributed by atoms with Gasteiger partial charge in [-0.25, -0.2) is 0 Å². The van der Waals surface area contributed by atoms with Gasteiger partial charge in [0.2, 0.25) is 0 Å². The minimum Gasteiger partial charge on any atom is -0.304 e. The van der Waals surface area contributed by atoms with Gasteiger partial charge in [0.1, 0.15) is 5.69 Å². The van der Waals surface area contributed by atoms with Crippen molar-refractivity contribution in [3.63, 3.8) is 0 Å². The maximum Gasteiger partial charge on any atom is 0.274 e. The third-order valence-corrected chi connectivity index (χ3v) is 5.87. The Morgan fingerprint density at radius 3 is 2.69 bits per heavy atom. The Hall–Kier alpha value is -3.61. The molecule has 0 atom stereocenters. The number of H-pyrrole nitrogens is 1. The highest BCUT2D eigenvalue weighted by Gasteiger charge is 2.14. The van der Waals surface area contributed by atoms with Crippen LogP contribution in [0.4, 0.5) is 5.82 Å². The van der Waals surface area contributed by atoms with Gasteiger partial charge in [-0.1, -0.05) is 71.7 Å². The molecule has 0 aliphatic carbocycles. The first-order valence-corrected chi connectivity index (χ1v) is 10.6. The zero-order valence-corrected chi connectivity index (χ0v) is 18.2. The SMILES string of the molecule is O=C(Nc1ccn(Cc2cccc3ccccc23)n1)c1cc(-c2ccc(Cl)c(Cl)c2)n[nH]1. The molecule has 0 radical (unpaired) electrons. The van der Waals surface area contributed by atoms with Crippen LogP contribution in [0.3, 0.4) is 0 Å². The van der Waals surface area contributed by atoms with E-state index in [1.807, 2.05) is 24.4 Å². The maximum absolute atomic E-state index is 12.6. The van der Waals surface area contributed by atoms with Gasteiger partial charge in [0, 0.05) is 17.8 Å². The van der Waals surface area contributed by atoms with Crippen LogP contribution in [0.25, 0.3) is 22.0 Å². The van der Waals surface area contributed by atoms with Crippen LogP contribution in [-0.4, -0.2) is 25.9 Å². The van der Waals surface area contributed by atoms with E-state index in [1.165, 1.54) is 10.8 Å². The van der Waals surface area contributed by atoms with Crippen LogP contribution in [0, 0.1) is 0 Å². The van der Waals surface area contributed by atoms with E-state index in [9.17, 15) is 4.79 Å². The Morgan fingerprint density at radius 2 is 1.81 bits per heavy atom. The van der Waals surface area contributed by atoms with E-state index in [4.69, 9.17) is 23.2 Å². The van der Waals surface area contributed by atoms with Gasteiger partial charge in [-0.3, -0.25) is 14.6 Å². The second kappa shape index (κ2) is 8.49. The summed E-state index contributed by atoms with van der Waals surface area (Å²) in [5.74, 6) is 0.125. The van der Waals surface area contributed by atoms with E-state index in [1.54, 1.807) is 35.0 Å². The molecular formula is C24H17Cl2N5O. The lowest BCUT2D eigenvalue weighted by atomic mass is 10.0. The summed E-state index contributed by atoms with van der Waals surface area (Å²) in [5, 5.41) is 17.5. The number of nitrogens with zero attached hydrogens (tertiary/aromatic N) is 3. The van der Waals surface area contributed by atoms with E-state index in [0.717, 1.165) is 11.1 Å². The lowest BCUT2D eigenvalue weighted by molar-refractivity contribution is 0.102. The first-order chi connectivity index (χ1) is 15.6. The first-order valence-electron chi connectivity index (χ1n) is 9.89.